The molecule has 50 valence electrons. The van der Waals surface area contributed by atoms with E-state index in [4.69, 9.17) is 0 Å². The number of hydrogen-bond acceptors (Lipinski definition) is 1. The summed E-state index contributed by atoms with van der Waals surface area (Å²) in [4.78, 5) is 2.08. The van der Waals surface area contributed by atoms with E-state index >= 15 is 0 Å². The van der Waals surface area contributed by atoms with Gasteiger partial charge in [-0.3, -0.25) is 7.05 Å². The van der Waals surface area contributed by atoms with Crippen molar-refractivity contribution in [3.8, 4) is 0 Å². The van der Waals surface area contributed by atoms with E-state index in [1.54, 1.807) is 0 Å². The predicted molar refractivity (Wildman–Crippen MR) is 37.5 cm³/mol. The molecule has 9 heavy (non-hydrogen) atoms. The van der Waals surface area contributed by atoms with Gasteiger partial charge in [0, 0.05) is 0 Å². The quantitative estimate of drug-likeness (QED) is 0.331. The molecule has 0 N–H and O–H groups in total. The van der Waals surface area contributed by atoms with E-state index in [9.17, 15) is 0 Å². The Labute approximate surface area is 71.0 Å². The van der Waals surface area contributed by atoms with Crippen molar-refractivity contribution in [1.82, 2.24) is 4.90 Å². The zero-order valence-electron chi connectivity index (χ0n) is 7.31. The third-order valence-corrected chi connectivity index (χ3v) is 1.33. The van der Waals surface area contributed by atoms with Gasteiger partial charge in [0.15, 0.2) is 0 Å². The molecule has 0 saturated heterocycles. The van der Waals surface area contributed by atoms with Crippen molar-refractivity contribution >= 4 is 0 Å². The van der Waals surface area contributed by atoms with Crippen molar-refractivity contribution in [2.24, 2.45) is 0 Å². The van der Waals surface area contributed by atoms with Crippen LogP contribution in [0.25, 0.3) is 0 Å². The molecule has 0 atom stereocenters. The topological polar surface area (TPSA) is 3.24 Å². The van der Waals surface area contributed by atoms with Crippen LogP contribution in [0.1, 0.15) is 27.7 Å². The molecule has 2 heteroatoms. The maximum Gasteiger partial charge on any atom is 1.00 e. The van der Waals surface area contributed by atoms with Gasteiger partial charge in [-0.25, -0.2) is 0 Å². The van der Waals surface area contributed by atoms with Gasteiger partial charge >= 0.3 is 18.9 Å². The van der Waals surface area contributed by atoms with E-state index in [1.165, 1.54) is 0 Å². The Hall–Kier alpha value is 0.557. The molecule has 0 bridgehead atoms. The molecule has 0 aliphatic rings. The summed E-state index contributed by atoms with van der Waals surface area (Å²) in [6.45, 7) is 8.58. The number of hydrogen-bond donors (Lipinski definition) is 0. The Morgan fingerprint density at radius 2 is 1.22 bits per heavy atom. The van der Waals surface area contributed by atoms with E-state index in [1.807, 2.05) is 0 Å². The van der Waals surface area contributed by atoms with Crippen LogP contribution >= 0.6 is 0 Å². The van der Waals surface area contributed by atoms with Gasteiger partial charge < -0.3 is 4.90 Å². The van der Waals surface area contributed by atoms with Gasteiger partial charge in [-0.2, -0.15) is 0 Å². The second-order valence-corrected chi connectivity index (χ2v) is 2.70. The van der Waals surface area contributed by atoms with Crippen LogP contribution in [0.2, 0.25) is 0 Å². The van der Waals surface area contributed by atoms with E-state index in [0.29, 0.717) is 12.1 Å². The number of nitrogens with zero attached hydrogens (tertiary/aromatic N) is 1. The molecule has 0 aromatic rings. The van der Waals surface area contributed by atoms with Gasteiger partial charge in [-0.1, -0.05) is 27.7 Å². The molecule has 0 heterocycles. The van der Waals surface area contributed by atoms with Gasteiger partial charge in [-0.15, -0.1) is 0 Å². The Morgan fingerprint density at radius 1 is 1.00 bits per heavy atom. The monoisotopic (exact) mass is 121 g/mol. The fourth-order valence-corrected chi connectivity index (χ4v) is 0.596. The molecule has 0 radical (unpaired) electrons. The normalized spacial score (nSPS) is 10.7. The zero-order valence-corrected chi connectivity index (χ0v) is 7.31. The minimum absolute atomic E-state index is 0. The summed E-state index contributed by atoms with van der Waals surface area (Å²) < 4.78 is 0. The van der Waals surface area contributed by atoms with Crippen molar-refractivity contribution < 1.29 is 18.9 Å². The minimum atomic E-state index is 0. The molecule has 0 aromatic carbocycles. The summed E-state index contributed by atoms with van der Waals surface area (Å²) in [5.74, 6) is 0. The Bertz CT molecular complexity index is 53.9. The Balaban J connectivity index is 0. The molecule has 0 aromatic heterocycles. The van der Waals surface area contributed by atoms with Crippen LogP contribution in [0.15, 0.2) is 0 Å². The smallest absolute Gasteiger partial charge is 0.455 e. The zero-order chi connectivity index (χ0) is 6.73. The van der Waals surface area contributed by atoms with Crippen molar-refractivity contribution in [1.29, 1.82) is 0 Å². The van der Waals surface area contributed by atoms with Gasteiger partial charge in [0.25, 0.3) is 0 Å². The van der Waals surface area contributed by atoms with E-state index in [2.05, 4.69) is 39.6 Å². The molecule has 0 aliphatic carbocycles. The van der Waals surface area contributed by atoms with Crippen molar-refractivity contribution in [2.75, 3.05) is 0 Å². The third-order valence-electron chi connectivity index (χ3n) is 1.33. The molecule has 0 rings (SSSR count). The average Bonchev–Trinajstić information content (AvgIpc) is 1.64. The Kier molecular flexibility index (Phi) is 7.29. The fourth-order valence-electron chi connectivity index (χ4n) is 0.596. The molecule has 0 amide bonds. The van der Waals surface area contributed by atoms with E-state index in [0.717, 1.165) is 0 Å². The van der Waals surface area contributed by atoms with Crippen LogP contribution in [0, 0.1) is 7.05 Å². The standard InChI is InChI=1S/C7H16N.Li/c1-6(2)8(5)7(3)4;/h6-7H,5H2,1-4H3;/q-1;+1. The third kappa shape index (κ3) is 5.02. The predicted octanol–water partition coefficient (Wildman–Crippen LogP) is -1.10. The van der Waals surface area contributed by atoms with Crippen molar-refractivity contribution in [3.05, 3.63) is 7.05 Å². The van der Waals surface area contributed by atoms with Crippen LogP contribution in [-0.4, -0.2) is 17.0 Å². The average molecular weight is 121 g/mol. The van der Waals surface area contributed by atoms with E-state index < -0.39 is 0 Å². The second kappa shape index (κ2) is 5.35. The van der Waals surface area contributed by atoms with E-state index in [-0.39, 0.29) is 18.9 Å². The maximum absolute atomic E-state index is 3.87. The van der Waals surface area contributed by atoms with Crippen LogP contribution in [0.3, 0.4) is 0 Å². The van der Waals surface area contributed by atoms with Gasteiger partial charge in [0.2, 0.25) is 0 Å². The molecular formula is C7H16LiN. The number of rotatable bonds is 2. The first kappa shape index (κ1) is 12.3. The summed E-state index contributed by atoms with van der Waals surface area (Å²) in [5.41, 5.74) is 0. The first-order chi connectivity index (χ1) is 3.55. The molecule has 0 spiro atoms. The molecule has 0 unspecified atom stereocenters. The largest absolute Gasteiger partial charge is 1.00 e. The van der Waals surface area contributed by atoms with Gasteiger partial charge in [0.05, 0.1) is 0 Å². The molecule has 0 fully saturated rings. The molecular weight excluding hydrogens is 105 g/mol. The van der Waals surface area contributed by atoms with Crippen LogP contribution in [0.4, 0.5) is 0 Å². The Morgan fingerprint density at radius 3 is 1.22 bits per heavy atom. The van der Waals surface area contributed by atoms with Crippen molar-refractivity contribution in [3.63, 3.8) is 0 Å². The molecule has 0 aliphatic heterocycles. The summed E-state index contributed by atoms with van der Waals surface area (Å²) in [6, 6.07) is 1.13. The summed E-state index contributed by atoms with van der Waals surface area (Å²) in [6.07, 6.45) is 0. The van der Waals surface area contributed by atoms with Crippen LogP contribution < -0.4 is 18.9 Å². The first-order valence-electron chi connectivity index (χ1n) is 3.14. The molecule has 1 nitrogen and oxygen atoms in total. The SMILES string of the molecule is [CH2-]N(C(C)C)C(C)C.[Li+]. The fraction of sp³-hybridized carbons (Fsp3) is 0.857. The second-order valence-electron chi connectivity index (χ2n) is 2.70. The molecule has 0 saturated carbocycles. The van der Waals surface area contributed by atoms with Crippen LogP contribution in [0.5, 0.6) is 0 Å². The maximum atomic E-state index is 3.87. The van der Waals surface area contributed by atoms with Gasteiger partial charge in [0.1, 0.15) is 0 Å². The van der Waals surface area contributed by atoms with Crippen molar-refractivity contribution in [2.45, 2.75) is 39.8 Å². The first-order valence-corrected chi connectivity index (χ1v) is 3.14. The summed E-state index contributed by atoms with van der Waals surface area (Å²) in [7, 11) is 3.87. The summed E-state index contributed by atoms with van der Waals surface area (Å²) in [5, 5.41) is 0. The van der Waals surface area contributed by atoms with Gasteiger partial charge in [-0.05, 0) is 12.1 Å². The van der Waals surface area contributed by atoms with Crippen LogP contribution in [-0.2, 0) is 0 Å². The summed E-state index contributed by atoms with van der Waals surface area (Å²) >= 11 is 0. The minimum Gasteiger partial charge on any atom is -0.455 e.